The number of rotatable bonds is 14. The average Bonchev–Trinajstić information content (AvgIpc) is 4.13. The van der Waals surface area contributed by atoms with Gasteiger partial charge in [0.1, 0.15) is 23.2 Å². The Balaban J connectivity index is 0.833. The Labute approximate surface area is 450 Å². The quantitative estimate of drug-likeness (QED) is 0.0599. The third-order valence-corrected chi connectivity index (χ3v) is 14.8. The van der Waals surface area contributed by atoms with Crippen molar-refractivity contribution in [3.8, 4) is 27.8 Å². The number of thiocarbonyl (C=S) groups is 1. The summed E-state index contributed by atoms with van der Waals surface area (Å²) in [5.74, 6) is -4.25. The van der Waals surface area contributed by atoms with E-state index in [2.05, 4.69) is 25.9 Å². The monoisotopic (exact) mass is 1090 g/mol. The molecule has 0 radical (unpaired) electrons. The van der Waals surface area contributed by atoms with Crippen LogP contribution in [0.3, 0.4) is 0 Å². The summed E-state index contributed by atoms with van der Waals surface area (Å²) in [6.07, 6.45) is -4.32. The number of aromatic nitrogens is 2. The van der Waals surface area contributed by atoms with Crippen molar-refractivity contribution in [1.82, 2.24) is 25.5 Å². The van der Waals surface area contributed by atoms with Crippen LogP contribution in [0.5, 0.6) is 0 Å². The number of aliphatic hydroxyl groups is 1. The van der Waals surface area contributed by atoms with Crippen molar-refractivity contribution >= 4 is 75.3 Å². The number of hydrogen-bond acceptors (Lipinski definition) is 11. The van der Waals surface area contributed by atoms with Gasteiger partial charge in [0.15, 0.2) is 10.9 Å². The fraction of sp³-hybridized carbons (Fsp3) is 0.304. The maximum atomic E-state index is 15.5. The first-order chi connectivity index (χ1) is 36.4. The molecule has 8 rings (SSSR count). The van der Waals surface area contributed by atoms with Crippen LogP contribution in [-0.2, 0) is 38.3 Å². The molecule has 0 bridgehead atoms. The largest absolute Gasteiger partial charge is 0.420 e. The number of nitrogens with zero attached hydrogens (tertiary/aromatic N) is 6. The maximum absolute atomic E-state index is 15.5. The lowest BCUT2D eigenvalue weighted by molar-refractivity contribution is -0.144. The molecule has 2 aliphatic heterocycles. The molecule has 6 aromatic rings. The first kappa shape index (κ1) is 55.3. The molecule has 4 heterocycles. The average molecular weight is 1090 g/mol. The minimum atomic E-state index is -5.21. The molecular formula is C56H53F4N9O6S2. The van der Waals surface area contributed by atoms with E-state index in [0.29, 0.717) is 39.5 Å². The van der Waals surface area contributed by atoms with E-state index in [4.69, 9.17) is 12.2 Å². The number of nitriles is 1. The van der Waals surface area contributed by atoms with Gasteiger partial charge in [-0.1, -0.05) is 69.3 Å². The van der Waals surface area contributed by atoms with Crippen LogP contribution < -0.4 is 25.8 Å². The van der Waals surface area contributed by atoms with Gasteiger partial charge in [-0.2, -0.15) is 18.4 Å². The molecule has 3 atom stereocenters. The van der Waals surface area contributed by atoms with Gasteiger partial charge in [0, 0.05) is 42.7 Å². The molecule has 4 N–H and O–H groups in total. The van der Waals surface area contributed by atoms with Crippen molar-refractivity contribution in [2.45, 2.75) is 97.3 Å². The molecule has 0 saturated carbocycles. The molecule has 2 fully saturated rings. The summed E-state index contributed by atoms with van der Waals surface area (Å²) in [6, 6.07) is 25.7. The van der Waals surface area contributed by atoms with Gasteiger partial charge in [-0.3, -0.25) is 33.9 Å². The zero-order valence-electron chi connectivity index (χ0n) is 42.7. The second kappa shape index (κ2) is 22.0. The van der Waals surface area contributed by atoms with Gasteiger partial charge in [-0.25, -0.2) is 9.37 Å². The Morgan fingerprint density at radius 1 is 0.922 bits per heavy atom. The van der Waals surface area contributed by atoms with Crippen LogP contribution >= 0.6 is 23.6 Å². The number of pyridine rings is 1. The zero-order chi connectivity index (χ0) is 55.7. The molecule has 2 aromatic heterocycles. The van der Waals surface area contributed by atoms with Crippen LogP contribution in [0, 0.1) is 29.5 Å². The number of halogens is 4. The summed E-state index contributed by atoms with van der Waals surface area (Å²) in [5, 5.41) is 28.2. The first-order valence-corrected chi connectivity index (χ1v) is 25.7. The molecule has 5 amide bonds. The molecule has 21 heteroatoms. The summed E-state index contributed by atoms with van der Waals surface area (Å²) in [6.45, 7) is 10.5. The predicted octanol–water partition coefficient (Wildman–Crippen LogP) is 9.12. The number of thiazole rings is 1. The van der Waals surface area contributed by atoms with Crippen molar-refractivity contribution < 1.29 is 46.6 Å². The van der Waals surface area contributed by atoms with Crippen LogP contribution in [0.15, 0.2) is 109 Å². The number of likely N-dealkylation sites (tertiary alicyclic amines) is 1. The van der Waals surface area contributed by atoms with E-state index in [1.165, 1.54) is 35.9 Å². The summed E-state index contributed by atoms with van der Waals surface area (Å²) in [7, 11) is 0. The van der Waals surface area contributed by atoms with Gasteiger partial charge in [-0.15, -0.1) is 11.3 Å². The molecule has 4 aromatic carbocycles. The number of aryl methyl sites for hydroxylation is 2. The number of hydrogen-bond donors (Lipinski definition) is 4. The van der Waals surface area contributed by atoms with Gasteiger partial charge in [0.05, 0.1) is 57.1 Å². The lowest BCUT2D eigenvalue weighted by Crippen LogP contribution is -2.57. The number of carbonyl (C=O) groups is 5. The molecule has 77 heavy (non-hydrogen) atoms. The second-order valence-electron chi connectivity index (χ2n) is 20.3. The molecule has 2 saturated heterocycles. The van der Waals surface area contributed by atoms with E-state index in [9.17, 15) is 47.5 Å². The number of amides is 5. The van der Waals surface area contributed by atoms with Crippen molar-refractivity contribution in [1.29, 1.82) is 5.26 Å². The summed E-state index contributed by atoms with van der Waals surface area (Å²) < 4.78 is 56.9. The van der Waals surface area contributed by atoms with Gasteiger partial charge in [0.25, 0.3) is 11.8 Å². The highest BCUT2D eigenvalue weighted by Crippen LogP contribution is 2.42. The molecular weight excluding hydrogens is 1030 g/mol. The molecule has 15 nitrogen and oxygen atoms in total. The van der Waals surface area contributed by atoms with E-state index < -0.39 is 81.6 Å². The fourth-order valence-corrected chi connectivity index (χ4v) is 10.6. The smallest absolute Gasteiger partial charge is 0.391 e. The first-order valence-electron chi connectivity index (χ1n) is 24.4. The van der Waals surface area contributed by atoms with Crippen LogP contribution in [0.2, 0.25) is 0 Å². The molecule has 0 aliphatic carbocycles. The lowest BCUT2D eigenvalue weighted by atomic mass is 9.85. The lowest BCUT2D eigenvalue weighted by Gasteiger charge is -2.35. The van der Waals surface area contributed by atoms with Gasteiger partial charge in [-0.05, 0) is 110 Å². The van der Waals surface area contributed by atoms with Gasteiger partial charge >= 0.3 is 6.18 Å². The van der Waals surface area contributed by atoms with Crippen molar-refractivity contribution in [3.63, 3.8) is 0 Å². The van der Waals surface area contributed by atoms with Gasteiger partial charge < -0.3 is 30.9 Å². The van der Waals surface area contributed by atoms with Crippen LogP contribution in [-0.4, -0.2) is 84.9 Å². The summed E-state index contributed by atoms with van der Waals surface area (Å²) in [5.41, 5.74) is 1.98. The molecule has 2 aliphatic rings. The number of β-amino-alcohol motifs (C(OH)–C–C–N with tert-alkyl or cyclic N) is 1. The Morgan fingerprint density at radius 3 is 2.18 bits per heavy atom. The molecule has 398 valence electrons. The highest BCUT2D eigenvalue weighted by molar-refractivity contribution is 7.81. The Morgan fingerprint density at radius 2 is 1.58 bits per heavy atom. The second-order valence-corrected chi connectivity index (χ2v) is 21.5. The topological polar surface area (TPSA) is 201 Å². The van der Waals surface area contributed by atoms with E-state index in [1.54, 1.807) is 77.5 Å². The molecule has 0 spiro atoms. The van der Waals surface area contributed by atoms with E-state index in [0.717, 1.165) is 39.4 Å². The molecule has 0 unspecified atom stereocenters. The number of anilines is 3. The third-order valence-electron chi connectivity index (χ3n) is 13.4. The van der Waals surface area contributed by atoms with Crippen molar-refractivity contribution in [2.75, 3.05) is 21.7 Å². The van der Waals surface area contributed by atoms with E-state index in [-0.39, 0.29) is 37.0 Å². The fourth-order valence-electron chi connectivity index (χ4n) is 9.26. The highest BCUT2D eigenvalue weighted by Gasteiger charge is 2.52. The van der Waals surface area contributed by atoms with Crippen molar-refractivity contribution in [2.24, 2.45) is 5.41 Å². The minimum Gasteiger partial charge on any atom is -0.391 e. The Bertz CT molecular complexity index is 3300. The van der Waals surface area contributed by atoms with E-state index >= 15 is 4.39 Å². The Kier molecular flexibility index (Phi) is 15.8. The van der Waals surface area contributed by atoms with Crippen LogP contribution in [0.1, 0.15) is 85.8 Å². The van der Waals surface area contributed by atoms with Crippen LogP contribution in [0.4, 0.5) is 34.6 Å². The Hall–Kier alpha value is -7.93. The highest BCUT2D eigenvalue weighted by atomic mass is 32.1. The van der Waals surface area contributed by atoms with Crippen LogP contribution in [0.25, 0.3) is 21.7 Å². The zero-order valence-corrected chi connectivity index (χ0v) is 44.3. The summed E-state index contributed by atoms with van der Waals surface area (Å²) in [4.78, 5) is 81.3. The number of aliphatic hydroxyl groups excluding tert-OH is 1. The SMILES string of the molecule is Cc1ncsc1-c1ccc(CNC(=O)[C@@H]2C[C@@H](O)CN2C(=O)[C@@H](NC(=O)CCc2ccc(C(=O)Nc3ccc(-c4ccc(N5C(=S)N(c6ccc(C#N)c(C(F)(F)F)c6F)C(=O)C5(C)C)cn4)cc3)cc2)C(C)(C)C)cc1. The van der Waals surface area contributed by atoms with Crippen molar-refractivity contribution in [3.05, 3.63) is 148 Å². The van der Waals surface area contributed by atoms with Gasteiger partial charge in [0.2, 0.25) is 17.7 Å². The number of carbonyl (C=O) groups excluding carboxylic acids is 5. The number of benzene rings is 4. The summed E-state index contributed by atoms with van der Waals surface area (Å²) >= 11 is 7.09. The minimum absolute atomic E-state index is 0.0291. The van der Waals surface area contributed by atoms with E-state index in [1.807, 2.05) is 52.0 Å². The maximum Gasteiger partial charge on any atom is 0.420 e. The standard InChI is InChI=1S/C56H53F4N9O6S2/c1-31-47(77-30-64-31)35-12-9-33(10-13-35)27-63-50(73)43-25-40(70)29-67(43)51(74)48(54(2,3)4)66-44(71)24-11-32-7-14-36(15-8-32)49(72)65-38-19-16-34(17-20-38)41-22-21-39(28-62-41)69-53(76)68(52(75)55(69,5)6)42-23-18-37(26-61)45(46(42)57)56(58,59)60/h7-10,12-23,28,30,40,43,48,70H,11,24-25,27,29H2,1-6H3,(H,63,73)(H,65,72)(H,66,71)/t40-,43+,48-/m1/s1. The normalized spacial score (nSPS) is 16.8. The number of alkyl halides is 3. The predicted molar refractivity (Wildman–Crippen MR) is 287 cm³/mol. The number of nitrogens with one attached hydrogen (secondary N) is 3. The third kappa shape index (κ3) is 11.7.